The summed E-state index contributed by atoms with van der Waals surface area (Å²) in [5.74, 6) is 0. The standard InChI is InChI=1S/C6H12O4/c7-3-1-4(8)6(10)5(9)2-3/h3-10H,1-2H2. The maximum atomic E-state index is 8.95. The summed E-state index contributed by atoms with van der Waals surface area (Å²) >= 11 is 0. The third-order valence-corrected chi connectivity index (χ3v) is 1.82. The summed E-state index contributed by atoms with van der Waals surface area (Å²) < 4.78 is 0. The lowest BCUT2D eigenvalue weighted by atomic mass is 9.90. The molecule has 4 nitrogen and oxygen atoms in total. The molecule has 0 amide bonds. The fraction of sp³-hybridized carbons (Fsp3) is 1.00. The molecule has 0 aromatic heterocycles. The molecule has 2 atom stereocenters. The number of hydrogen-bond donors (Lipinski definition) is 4. The van der Waals surface area contributed by atoms with Crippen molar-refractivity contribution >= 4 is 0 Å². The van der Waals surface area contributed by atoms with Crippen LogP contribution in [0.3, 0.4) is 0 Å². The van der Waals surface area contributed by atoms with Gasteiger partial charge < -0.3 is 20.4 Å². The molecule has 0 spiro atoms. The summed E-state index contributed by atoms with van der Waals surface area (Å²) in [4.78, 5) is 0. The minimum atomic E-state index is -1.09. The van der Waals surface area contributed by atoms with Crippen LogP contribution in [0.4, 0.5) is 0 Å². The van der Waals surface area contributed by atoms with Gasteiger partial charge in [0.25, 0.3) is 0 Å². The molecule has 0 bridgehead atoms. The highest BCUT2D eigenvalue weighted by atomic mass is 16.4. The molecule has 0 saturated heterocycles. The quantitative estimate of drug-likeness (QED) is 0.327. The van der Waals surface area contributed by atoms with E-state index in [9.17, 15) is 0 Å². The van der Waals surface area contributed by atoms with Crippen LogP contribution < -0.4 is 0 Å². The SMILES string of the molecule is OC1CC(O)C(O)C(O)C1. The van der Waals surface area contributed by atoms with Crippen LogP contribution in [0.5, 0.6) is 0 Å². The van der Waals surface area contributed by atoms with E-state index in [2.05, 4.69) is 0 Å². The van der Waals surface area contributed by atoms with Gasteiger partial charge in [0.15, 0.2) is 0 Å². The van der Waals surface area contributed by atoms with Gasteiger partial charge in [-0.2, -0.15) is 0 Å². The van der Waals surface area contributed by atoms with Crippen molar-refractivity contribution in [1.29, 1.82) is 0 Å². The van der Waals surface area contributed by atoms with Crippen LogP contribution in [0, 0.1) is 0 Å². The van der Waals surface area contributed by atoms with Gasteiger partial charge >= 0.3 is 0 Å². The Hall–Kier alpha value is -0.160. The minimum Gasteiger partial charge on any atom is -0.393 e. The Morgan fingerprint density at radius 3 is 1.60 bits per heavy atom. The van der Waals surface area contributed by atoms with E-state index >= 15 is 0 Å². The van der Waals surface area contributed by atoms with E-state index in [0.29, 0.717) is 0 Å². The zero-order valence-electron chi connectivity index (χ0n) is 5.51. The molecule has 0 radical (unpaired) electrons. The molecule has 10 heavy (non-hydrogen) atoms. The number of hydrogen-bond acceptors (Lipinski definition) is 4. The fourth-order valence-electron chi connectivity index (χ4n) is 1.19. The van der Waals surface area contributed by atoms with Crippen molar-refractivity contribution in [2.24, 2.45) is 0 Å². The molecule has 1 aliphatic carbocycles. The largest absolute Gasteiger partial charge is 0.393 e. The molecule has 1 saturated carbocycles. The van der Waals surface area contributed by atoms with E-state index in [0.717, 1.165) is 0 Å². The van der Waals surface area contributed by atoms with Crippen molar-refractivity contribution in [3.05, 3.63) is 0 Å². The van der Waals surface area contributed by atoms with Crippen LogP contribution >= 0.6 is 0 Å². The molecule has 1 rings (SSSR count). The molecule has 2 unspecified atom stereocenters. The van der Waals surface area contributed by atoms with Gasteiger partial charge in [-0.1, -0.05) is 0 Å². The highest BCUT2D eigenvalue weighted by Crippen LogP contribution is 2.19. The Balaban J connectivity index is 2.49. The van der Waals surface area contributed by atoms with Gasteiger partial charge in [-0.05, 0) is 0 Å². The second-order valence-corrected chi connectivity index (χ2v) is 2.75. The van der Waals surface area contributed by atoms with E-state index in [1.165, 1.54) is 0 Å². The summed E-state index contributed by atoms with van der Waals surface area (Å²) in [5.41, 5.74) is 0. The average Bonchev–Trinajstić information content (AvgIpc) is 1.82. The van der Waals surface area contributed by atoms with Crippen molar-refractivity contribution in [1.82, 2.24) is 0 Å². The van der Waals surface area contributed by atoms with Crippen molar-refractivity contribution in [2.45, 2.75) is 37.3 Å². The van der Waals surface area contributed by atoms with Gasteiger partial charge in [-0.3, -0.25) is 0 Å². The molecule has 0 aromatic rings. The van der Waals surface area contributed by atoms with Crippen molar-refractivity contribution in [3.63, 3.8) is 0 Å². The minimum absolute atomic E-state index is 0.151. The van der Waals surface area contributed by atoms with E-state index in [-0.39, 0.29) is 12.8 Å². The van der Waals surface area contributed by atoms with E-state index < -0.39 is 24.4 Å². The Kier molecular flexibility index (Phi) is 2.25. The monoisotopic (exact) mass is 148 g/mol. The van der Waals surface area contributed by atoms with Gasteiger partial charge in [-0.15, -0.1) is 0 Å². The van der Waals surface area contributed by atoms with Gasteiger partial charge in [0, 0.05) is 12.8 Å². The summed E-state index contributed by atoms with van der Waals surface area (Å²) in [5, 5.41) is 35.8. The van der Waals surface area contributed by atoms with Gasteiger partial charge in [0.2, 0.25) is 0 Å². The maximum absolute atomic E-state index is 8.95. The van der Waals surface area contributed by atoms with Gasteiger partial charge in [0.05, 0.1) is 18.3 Å². The fourth-order valence-corrected chi connectivity index (χ4v) is 1.19. The van der Waals surface area contributed by atoms with Crippen molar-refractivity contribution in [3.8, 4) is 0 Å². The first-order chi connectivity index (χ1) is 4.61. The van der Waals surface area contributed by atoms with Gasteiger partial charge in [0.1, 0.15) is 6.10 Å². The lowest BCUT2D eigenvalue weighted by Gasteiger charge is -2.31. The number of aliphatic hydroxyl groups excluding tert-OH is 4. The van der Waals surface area contributed by atoms with Crippen molar-refractivity contribution in [2.75, 3.05) is 0 Å². The average molecular weight is 148 g/mol. The molecule has 60 valence electrons. The van der Waals surface area contributed by atoms with Crippen LogP contribution in [0.1, 0.15) is 12.8 Å². The van der Waals surface area contributed by atoms with Crippen LogP contribution in [-0.4, -0.2) is 44.8 Å². The molecule has 1 aliphatic rings. The first kappa shape index (κ1) is 7.94. The molecule has 0 aliphatic heterocycles. The van der Waals surface area contributed by atoms with E-state index in [1.54, 1.807) is 0 Å². The molecule has 0 heterocycles. The smallest absolute Gasteiger partial charge is 0.106 e. The third kappa shape index (κ3) is 1.46. The Bertz CT molecular complexity index is 104. The Labute approximate surface area is 58.7 Å². The van der Waals surface area contributed by atoms with E-state index in [4.69, 9.17) is 20.4 Å². The van der Waals surface area contributed by atoms with Crippen LogP contribution in [0.15, 0.2) is 0 Å². The zero-order chi connectivity index (χ0) is 7.72. The highest BCUT2D eigenvalue weighted by Gasteiger charge is 2.33. The topological polar surface area (TPSA) is 80.9 Å². The van der Waals surface area contributed by atoms with E-state index in [1.807, 2.05) is 0 Å². The first-order valence-corrected chi connectivity index (χ1v) is 3.33. The predicted molar refractivity (Wildman–Crippen MR) is 33.3 cm³/mol. The van der Waals surface area contributed by atoms with Gasteiger partial charge in [-0.25, -0.2) is 0 Å². The Morgan fingerprint density at radius 1 is 0.800 bits per heavy atom. The van der Waals surface area contributed by atoms with Crippen LogP contribution in [0.2, 0.25) is 0 Å². The summed E-state index contributed by atoms with van der Waals surface area (Å²) in [6.45, 7) is 0. The summed E-state index contributed by atoms with van der Waals surface area (Å²) in [6.07, 6.45) is -3.45. The predicted octanol–water partition coefficient (Wildman–Crippen LogP) is -1.78. The zero-order valence-corrected chi connectivity index (χ0v) is 5.51. The molecular formula is C6H12O4. The first-order valence-electron chi connectivity index (χ1n) is 3.33. The lowest BCUT2D eigenvalue weighted by molar-refractivity contribution is -0.116. The molecule has 4 N–H and O–H groups in total. The van der Waals surface area contributed by atoms with Crippen LogP contribution in [0.25, 0.3) is 0 Å². The second-order valence-electron chi connectivity index (χ2n) is 2.75. The highest BCUT2D eigenvalue weighted by molar-refractivity contribution is 4.85. The van der Waals surface area contributed by atoms with Crippen molar-refractivity contribution < 1.29 is 20.4 Å². The summed E-state index contributed by atoms with van der Waals surface area (Å²) in [6, 6.07) is 0. The molecule has 4 heteroatoms. The second kappa shape index (κ2) is 2.84. The molecular weight excluding hydrogens is 136 g/mol. The maximum Gasteiger partial charge on any atom is 0.106 e. The third-order valence-electron chi connectivity index (χ3n) is 1.82. The van der Waals surface area contributed by atoms with Crippen LogP contribution in [-0.2, 0) is 0 Å². The normalized spacial score (nSPS) is 49.2. The Morgan fingerprint density at radius 2 is 1.20 bits per heavy atom. The lowest BCUT2D eigenvalue weighted by Crippen LogP contribution is -2.46. The summed E-state index contributed by atoms with van der Waals surface area (Å²) in [7, 11) is 0. The molecule has 0 aromatic carbocycles. The number of aliphatic hydroxyl groups is 4. The molecule has 1 fully saturated rings. The number of rotatable bonds is 0.